The SMILES string of the molecule is CCC(O)c1ccc(OCC(=O)NCc2cccs2)cc1. The molecule has 0 bridgehead atoms. The largest absolute Gasteiger partial charge is 0.484 e. The van der Waals surface area contributed by atoms with Crippen LogP contribution in [0.15, 0.2) is 41.8 Å². The average molecular weight is 305 g/mol. The summed E-state index contributed by atoms with van der Waals surface area (Å²) in [4.78, 5) is 12.8. The molecule has 4 nitrogen and oxygen atoms in total. The first-order chi connectivity index (χ1) is 10.2. The number of carbonyl (C=O) groups is 1. The maximum Gasteiger partial charge on any atom is 0.258 e. The van der Waals surface area contributed by atoms with E-state index in [-0.39, 0.29) is 12.5 Å². The van der Waals surface area contributed by atoms with Crippen LogP contribution in [-0.2, 0) is 11.3 Å². The molecule has 1 aromatic heterocycles. The molecule has 1 heterocycles. The van der Waals surface area contributed by atoms with E-state index in [1.165, 1.54) is 0 Å². The van der Waals surface area contributed by atoms with Crippen LogP contribution in [0.1, 0.15) is 29.9 Å². The molecular weight excluding hydrogens is 286 g/mol. The summed E-state index contributed by atoms with van der Waals surface area (Å²) in [6.07, 6.45) is 0.221. The van der Waals surface area contributed by atoms with Crippen LogP contribution >= 0.6 is 11.3 Å². The monoisotopic (exact) mass is 305 g/mol. The molecule has 2 aromatic rings. The summed E-state index contributed by atoms with van der Waals surface area (Å²) in [7, 11) is 0. The summed E-state index contributed by atoms with van der Waals surface area (Å²) in [6, 6.07) is 11.1. The van der Waals surface area contributed by atoms with Crippen molar-refractivity contribution in [3.63, 3.8) is 0 Å². The molecule has 0 aliphatic carbocycles. The zero-order valence-corrected chi connectivity index (χ0v) is 12.7. The van der Waals surface area contributed by atoms with Crippen molar-refractivity contribution in [2.75, 3.05) is 6.61 Å². The minimum atomic E-state index is -0.451. The van der Waals surface area contributed by atoms with Crippen molar-refractivity contribution in [1.29, 1.82) is 0 Å². The molecule has 0 aliphatic heterocycles. The number of rotatable bonds is 7. The number of carbonyl (C=O) groups excluding carboxylic acids is 1. The Labute approximate surface area is 128 Å². The zero-order chi connectivity index (χ0) is 15.1. The lowest BCUT2D eigenvalue weighted by Crippen LogP contribution is -2.28. The Kier molecular flexibility index (Phi) is 5.78. The normalized spacial score (nSPS) is 11.9. The number of aliphatic hydroxyl groups excluding tert-OH is 1. The van der Waals surface area contributed by atoms with Gasteiger partial charge in [0.15, 0.2) is 6.61 Å². The van der Waals surface area contributed by atoms with E-state index in [0.29, 0.717) is 18.7 Å². The molecule has 0 aliphatic rings. The highest BCUT2D eigenvalue weighted by Crippen LogP contribution is 2.19. The van der Waals surface area contributed by atoms with Gasteiger partial charge in [0.1, 0.15) is 5.75 Å². The topological polar surface area (TPSA) is 58.6 Å². The molecule has 1 aromatic carbocycles. The number of nitrogens with one attached hydrogen (secondary N) is 1. The lowest BCUT2D eigenvalue weighted by Gasteiger charge is -2.10. The predicted molar refractivity (Wildman–Crippen MR) is 83.4 cm³/mol. The Balaban J connectivity index is 1.75. The van der Waals surface area contributed by atoms with Gasteiger partial charge in [-0.25, -0.2) is 0 Å². The van der Waals surface area contributed by atoms with Crippen LogP contribution < -0.4 is 10.1 Å². The zero-order valence-electron chi connectivity index (χ0n) is 11.9. The molecule has 0 fully saturated rings. The molecule has 5 heteroatoms. The van der Waals surface area contributed by atoms with E-state index < -0.39 is 6.10 Å². The van der Waals surface area contributed by atoms with E-state index in [0.717, 1.165) is 10.4 Å². The highest BCUT2D eigenvalue weighted by molar-refractivity contribution is 7.09. The van der Waals surface area contributed by atoms with Gasteiger partial charge in [-0.2, -0.15) is 0 Å². The van der Waals surface area contributed by atoms with Crippen molar-refractivity contribution in [3.05, 3.63) is 52.2 Å². The fraction of sp³-hybridized carbons (Fsp3) is 0.312. The van der Waals surface area contributed by atoms with Crippen LogP contribution in [0.2, 0.25) is 0 Å². The number of hydrogen-bond donors (Lipinski definition) is 2. The third-order valence-corrected chi connectivity index (χ3v) is 3.94. The Morgan fingerprint density at radius 3 is 2.71 bits per heavy atom. The maximum atomic E-state index is 11.7. The smallest absolute Gasteiger partial charge is 0.258 e. The highest BCUT2D eigenvalue weighted by Gasteiger charge is 2.06. The molecule has 0 spiro atoms. The number of hydrogen-bond acceptors (Lipinski definition) is 4. The van der Waals surface area contributed by atoms with Crippen LogP contribution in [0.25, 0.3) is 0 Å². The molecule has 2 N–H and O–H groups in total. The van der Waals surface area contributed by atoms with Gasteiger partial charge >= 0.3 is 0 Å². The van der Waals surface area contributed by atoms with E-state index in [4.69, 9.17) is 4.74 Å². The van der Waals surface area contributed by atoms with E-state index >= 15 is 0 Å². The van der Waals surface area contributed by atoms with Crippen molar-refractivity contribution < 1.29 is 14.6 Å². The number of benzene rings is 1. The molecular formula is C16H19NO3S. The third kappa shape index (κ3) is 4.88. The molecule has 1 amide bonds. The molecule has 1 unspecified atom stereocenters. The molecule has 0 saturated heterocycles. The average Bonchev–Trinajstić information content (AvgIpc) is 3.04. The summed E-state index contributed by atoms with van der Waals surface area (Å²) in [5.41, 5.74) is 0.854. The minimum Gasteiger partial charge on any atom is -0.484 e. The van der Waals surface area contributed by atoms with Gasteiger partial charge in [-0.05, 0) is 35.6 Å². The van der Waals surface area contributed by atoms with Crippen molar-refractivity contribution >= 4 is 17.2 Å². The van der Waals surface area contributed by atoms with Gasteiger partial charge in [0.25, 0.3) is 5.91 Å². The lowest BCUT2D eigenvalue weighted by atomic mass is 10.1. The van der Waals surface area contributed by atoms with Crippen LogP contribution in [-0.4, -0.2) is 17.6 Å². The summed E-state index contributed by atoms with van der Waals surface area (Å²) < 4.78 is 5.42. The van der Waals surface area contributed by atoms with Gasteiger partial charge in [-0.3, -0.25) is 4.79 Å². The highest BCUT2D eigenvalue weighted by atomic mass is 32.1. The quantitative estimate of drug-likeness (QED) is 0.827. The second kappa shape index (κ2) is 7.81. The summed E-state index contributed by atoms with van der Waals surface area (Å²) in [6.45, 7) is 2.44. The number of aliphatic hydroxyl groups is 1. The lowest BCUT2D eigenvalue weighted by molar-refractivity contribution is -0.123. The maximum absolute atomic E-state index is 11.7. The first-order valence-corrected chi connectivity index (χ1v) is 7.77. The number of ether oxygens (including phenoxy) is 1. The van der Waals surface area contributed by atoms with E-state index in [9.17, 15) is 9.90 Å². The van der Waals surface area contributed by atoms with Gasteiger partial charge < -0.3 is 15.2 Å². The fourth-order valence-corrected chi connectivity index (χ4v) is 2.47. The van der Waals surface area contributed by atoms with Crippen LogP contribution in [0.4, 0.5) is 0 Å². The van der Waals surface area contributed by atoms with Crippen molar-refractivity contribution in [3.8, 4) is 5.75 Å². The van der Waals surface area contributed by atoms with Crippen molar-refractivity contribution in [1.82, 2.24) is 5.32 Å². The Morgan fingerprint density at radius 2 is 2.10 bits per heavy atom. The first kappa shape index (κ1) is 15.5. The minimum absolute atomic E-state index is 0.0128. The fourth-order valence-electron chi connectivity index (χ4n) is 1.82. The summed E-state index contributed by atoms with van der Waals surface area (Å²) in [5.74, 6) is 0.467. The van der Waals surface area contributed by atoms with Crippen molar-refractivity contribution in [2.24, 2.45) is 0 Å². The van der Waals surface area contributed by atoms with Gasteiger partial charge in [0.2, 0.25) is 0 Å². The van der Waals surface area contributed by atoms with E-state index in [1.54, 1.807) is 23.5 Å². The Hall–Kier alpha value is -1.85. The Bertz CT molecular complexity index is 551. The molecule has 0 radical (unpaired) electrons. The number of thiophene rings is 1. The van der Waals surface area contributed by atoms with Gasteiger partial charge in [0, 0.05) is 4.88 Å². The van der Waals surface area contributed by atoms with E-state index in [1.807, 2.05) is 36.6 Å². The van der Waals surface area contributed by atoms with Gasteiger partial charge in [-0.15, -0.1) is 11.3 Å². The molecule has 112 valence electrons. The van der Waals surface area contributed by atoms with Crippen LogP contribution in [0, 0.1) is 0 Å². The second-order valence-electron chi connectivity index (χ2n) is 4.64. The Morgan fingerprint density at radius 1 is 1.33 bits per heavy atom. The first-order valence-electron chi connectivity index (χ1n) is 6.89. The molecule has 0 saturated carbocycles. The third-order valence-electron chi connectivity index (χ3n) is 3.06. The van der Waals surface area contributed by atoms with Crippen molar-refractivity contribution in [2.45, 2.75) is 26.0 Å². The number of amides is 1. The molecule has 1 atom stereocenters. The summed E-state index contributed by atoms with van der Waals surface area (Å²) >= 11 is 1.61. The molecule has 2 rings (SSSR count). The second-order valence-corrected chi connectivity index (χ2v) is 5.67. The van der Waals surface area contributed by atoms with Crippen LogP contribution in [0.5, 0.6) is 5.75 Å². The molecule has 21 heavy (non-hydrogen) atoms. The standard InChI is InChI=1S/C16H19NO3S/c1-2-15(18)12-5-7-13(8-6-12)20-11-16(19)17-10-14-4-3-9-21-14/h3-9,15,18H,2,10-11H2,1H3,(H,17,19). The predicted octanol–water partition coefficient (Wildman–Crippen LogP) is 2.89. The van der Waals surface area contributed by atoms with Gasteiger partial charge in [-0.1, -0.05) is 25.1 Å². The van der Waals surface area contributed by atoms with Gasteiger partial charge in [0.05, 0.1) is 12.6 Å². The van der Waals surface area contributed by atoms with E-state index in [2.05, 4.69) is 5.32 Å². The van der Waals surface area contributed by atoms with Crippen LogP contribution in [0.3, 0.4) is 0 Å². The summed E-state index contributed by atoms with van der Waals surface area (Å²) in [5, 5.41) is 14.5.